The Hall–Kier alpha value is -10.5. The SMILES string of the molecule is CCCS(=O)(=O)Nc1ccc(F)c(Nc2ccccc2-c2ncnc3nc[nH]c23)c1F.CCCS(=O)(=O)Nc1ccc(F)c(Nc2ncccc2-c2ncnc3nc(Cl)[nH]c23)c1F.CCCS(=O)(=O)Nc1ccnc(Nc2ccccc2-c2ncnc3nc[nH]c23)c1. The van der Waals surface area contributed by atoms with Crippen LogP contribution in [-0.2, 0) is 30.1 Å². The van der Waals surface area contributed by atoms with Crippen molar-refractivity contribution in [2.75, 3.05) is 47.4 Å². The number of rotatable bonds is 21. The van der Waals surface area contributed by atoms with Crippen molar-refractivity contribution in [1.82, 2.24) is 69.8 Å². The summed E-state index contributed by atoms with van der Waals surface area (Å²) in [5.41, 5.74) is 6.16. The number of nitrogens with one attached hydrogen (secondary N) is 9. The highest BCUT2D eigenvalue weighted by Crippen LogP contribution is 2.38. The molecule has 26 nitrogen and oxygen atoms in total. The molecule has 12 aromatic rings. The highest BCUT2D eigenvalue weighted by atomic mass is 35.5. The fourth-order valence-electron chi connectivity index (χ4n) is 9.16. The molecule has 0 aliphatic heterocycles. The molecule has 0 unspecified atom stereocenters. The van der Waals surface area contributed by atoms with Crippen molar-refractivity contribution in [2.24, 2.45) is 0 Å². The van der Waals surface area contributed by atoms with Crippen LogP contribution in [0.4, 0.5) is 69.0 Å². The highest BCUT2D eigenvalue weighted by Gasteiger charge is 2.24. The molecule has 0 saturated carbocycles. The number of nitrogens with zero attached hydrogens (tertiary/aromatic N) is 11. The van der Waals surface area contributed by atoms with Crippen LogP contribution in [0.3, 0.4) is 0 Å². The molecule has 0 radical (unpaired) electrons. The highest BCUT2D eigenvalue weighted by molar-refractivity contribution is 7.93. The molecular formula is C58H53ClF4N20O6S3. The van der Waals surface area contributed by atoms with Crippen LogP contribution in [0.2, 0.25) is 5.28 Å². The van der Waals surface area contributed by atoms with Crippen molar-refractivity contribution < 1.29 is 42.8 Å². The number of fused-ring (bicyclic) bond motifs is 3. The summed E-state index contributed by atoms with van der Waals surface area (Å²) in [7, 11) is -10.9. The van der Waals surface area contributed by atoms with Gasteiger partial charge in [0.15, 0.2) is 28.6 Å². The zero-order valence-corrected chi connectivity index (χ0v) is 51.7. The summed E-state index contributed by atoms with van der Waals surface area (Å²) in [5.74, 6) is -3.71. The van der Waals surface area contributed by atoms with E-state index in [0.717, 1.165) is 41.0 Å². The van der Waals surface area contributed by atoms with Crippen LogP contribution in [0.1, 0.15) is 40.0 Å². The van der Waals surface area contributed by atoms with Crippen LogP contribution in [0, 0.1) is 23.3 Å². The molecule has 92 heavy (non-hydrogen) atoms. The third kappa shape index (κ3) is 15.2. The molecule has 0 amide bonds. The first-order chi connectivity index (χ1) is 44.2. The lowest BCUT2D eigenvalue weighted by Crippen LogP contribution is -2.17. The number of pyridine rings is 2. The minimum absolute atomic E-state index is 0.0643. The Labute approximate surface area is 527 Å². The zero-order valence-electron chi connectivity index (χ0n) is 48.5. The van der Waals surface area contributed by atoms with Crippen molar-refractivity contribution in [1.29, 1.82) is 0 Å². The van der Waals surface area contributed by atoms with Gasteiger partial charge in [-0.15, -0.1) is 0 Å². The van der Waals surface area contributed by atoms with Crippen molar-refractivity contribution >= 4 is 127 Å². The van der Waals surface area contributed by atoms with E-state index in [-0.39, 0.29) is 39.7 Å². The zero-order chi connectivity index (χ0) is 65.2. The number of hydrogen-bond donors (Lipinski definition) is 9. The number of para-hydroxylation sites is 2. The largest absolute Gasteiger partial charge is 0.350 e. The molecule has 0 atom stereocenters. The van der Waals surface area contributed by atoms with E-state index >= 15 is 8.78 Å². The maximum atomic E-state index is 15.1. The Kier molecular flexibility index (Phi) is 19.7. The van der Waals surface area contributed by atoms with E-state index in [9.17, 15) is 34.0 Å². The molecule has 0 aliphatic rings. The van der Waals surface area contributed by atoms with Crippen LogP contribution >= 0.6 is 11.6 Å². The number of halogens is 5. The lowest BCUT2D eigenvalue weighted by Gasteiger charge is -2.16. The van der Waals surface area contributed by atoms with Crippen LogP contribution < -0.4 is 30.1 Å². The van der Waals surface area contributed by atoms with Gasteiger partial charge in [0.25, 0.3) is 0 Å². The van der Waals surface area contributed by atoms with Gasteiger partial charge < -0.3 is 30.9 Å². The van der Waals surface area contributed by atoms with Gasteiger partial charge in [0, 0.05) is 46.5 Å². The Morgan fingerprint density at radius 1 is 0.457 bits per heavy atom. The summed E-state index contributed by atoms with van der Waals surface area (Å²) in [6.07, 6.45) is 11.4. The van der Waals surface area contributed by atoms with E-state index in [0.29, 0.717) is 92.6 Å². The predicted octanol–water partition coefficient (Wildman–Crippen LogP) is 11.7. The normalized spacial score (nSPS) is 11.6. The summed E-state index contributed by atoms with van der Waals surface area (Å²) in [4.78, 5) is 54.8. The lowest BCUT2D eigenvalue weighted by molar-refractivity contribution is 0.588. The van der Waals surface area contributed by atoms with E-state index < -0.39 is 64.7 Å². The number of aromatic nitrogens is 14. The molecule has 9 N–H and O–H groups in total. The Morgan fingerprint density at radius 2 is 0.935 bits per heavy atom. The van der Waals surface area contributed by atoms with E-state index in [1.54, 1.807) is 74.9 Å². The third-order valence-corrected chi connectivity index (χ3v) is 17.7. The van der Waals surface area contributed by atoms with Gasteiger partial charge >= 0.3 is 0 Å². The monoisotopic (exact) mass is 1330 g/mol. The number of anilines is 9. The van der Waals surface area contributed by atoms with Gasteiger partial charge in [0.2, 0.25) is 35.4 Å². The van der Waals surface area contributed by atoms with Crippen LogP contribution in [-0.4, -0.2) is 112 Å². The fraction of sp³-hybridized carbons (Fsp3) is 0.155. The summed E-state index contributed by atoms with van der Waals surface area (Å²) in [6, 6.07) is 25.0. The number of H-pyrrole nitrogens is 3. The average Bonchev–Trinajstić information content (AvgIpc) is 1.43. The summed E-state index contributed by atoms with van der Waals surface area (Å²) >= 11 is 5.93. The van der Waals surface area contributed by atoms with E-state index in [1.165, 1.54) is 31.5 Å². The number of benzene rings is 4. The first-order valence-corrected chi connectivity index (χ1v) is 33.1. The number of imidazole rings is 3. The van der Waals surface area contributed by atoms with Gasteiger partial charge in [0.1, 0.15) is 87.3 Å². The van der Waals surface area contributed by atoms with E-state index in [2.05, 4.69) is 99.9 Å². The quantitative estimate of drug-likeness (QED) is 0.0238. The molecule has 0 saturated heterocycles. The molecule has 12 rings (SSSR count). The van der Waals surface area contributed by atoms with E-state index in [4.69, 9.17) is 11.6 Å². The van der Waals surface area contributed by atoms with Crippen molar-refractivity contribution in [3.05, 3.63) is 170 Å². The molecule has 34 heteroatoms. The Bertz CT molecular complexity index is 5010. The predicted molar refractivity (Wildman–Crippen MR) is 344 cm³/mol. The molecule has 0 aliphatic carbocycles. The third-order valence-electron chi connectivity index (χ3n) is 13.1. The smallest absolute Gasteiger partial charge is 0.232 e. The fourth-order valence-corrected chi connectivity index (χ4v) is 12.7. The maximum absolute atomic E-state index is 15.1. The summed E-state index contributed by atoms with van der Waals surface area (Å²) in [6.45, 7) is 5.18. The van der Waals surface area contributed by atoms with Crippen LogP contribution in [0.5, 0.6) is 0 Å². The Balaban J connectivity index is 0.000000151. The molecule has 0 spiro atoms. The summed E-state index contributed by atoms with van der Waals surface area (Å²) in [5, 5.41) is 8.70. The molecule has 0 bridgehead atoms. The Morgan fingerprint density at radius 3 is 1.48 bits per heavy atom. The molecule has 474 valence electrons. The number of aromatic amines is 3. The first-order valence-electron chi connectivity index (χ1n) is 27.8. The average molecular weight is 1330 g/mol. The van der Waals surface area contributed by atoms with Gasteiger partial charge in [-0.05, 0) is 85.5 Å². The standard InChI is InChI=1S/C20H18F2N6O2S.C19H16ClF2N7O2S.C19H19N7O2S/c1-2-9-31(29,30)28-15-8-7-13(21)18(16(15)22)27-14-6-4-3-5-12(14)17-19-20(25-10-23-17)26-11-24-19;1-2-8-32(30,31)29-12-6-5-11(21)15(13(12)22)26-17-10(4-3-7-23-17)14-16-18(25-9-24-14)28-19(20)27-16;1-2-9-29(27,28)26-13-7-8-20-16(10-13)25-15-6-4-3-5-14(15)17-18-19(23-11-21-17)24-12-22-18/h3-8,10-11,27-28H,2,9H2,1H3,(H,23,24,25,26);3-7,9,29H,2,8H2,1H3,(H,23,26)(H,24,25,27,28);3-8,10-12H,2,9H2,1H3,(H2,20,25,26)(H,21,22,23,24). The van der Waals surface area contributed by atoms with Gasteiger partial charge in [-0.25, -0.2) is 92.7 Å². The van der Waals surface area contributed by atoms with Gasteiger partial charge in [-0.2, -0.15) is 4.98 Å². The topological polar surface area (TPSA) is 364 Å². The minimum Gasteiger partial charge on any atom is -0.350 e. The van der Waals surface area contributed by atoms with Crippen molar-refractivity contribution in [3.63, 3.8) is 0 Å². The maximum Gasteiger partial charge on any atom is 0.232 e. The van der Waals surface area contributed by atoms with Gasteiger partial charge in [-0.1, -0.05) is 57.2 Å². The van der Waals surface area contributed by atoms with Crippen molar-refractivity contribution in [3.8, 4) is 33.8 Å². The molecule has 4 aromatic carbocycles. The van der Waals surface area contributed by atoms with E-state index in [1.807, 2.05) is 31.2 Å². The van der Waals surface area contributed by atoms with Gasteiger partial charge in [0.05, 0.1) is 47.0 Å². The van der Waals surface area contributed by atoms with Crippen LogP contribution in [0.15, 0.2) is 141 Å². The first kappa shape index (κ1) is 64.5. The van der Waals surface area contributed by atoms with Gasteiger partial charge in [-0.3, -0.25) is 14.2 Å². The molecule has 8 heterocycles. The molecule has 8 aromatic heterocycles. The molecular weight excluding hydrogens is 1280 g/mol. The number of sulfonamides is 3. The summed E-state index contributed by atoms with van der Waals surface area (Å²) < 4.78 is 138. The van der Waals surface area contributed by atoms with Crippen LogP contribution in [0.25, 0.3) is 67.3 Å². The van der Waals surface area contributed by atoms with Crippen molar-refractivity contribution in [2.45, 2.75) is 40.0 Å². The second-order valence-electron chi connectivity index (χ2n) is 19.7. The second kappa shape index (κ2) is 28.1. The number of hydrogen-bond acceptors (Lipinski definition) is 20. The second-order valence-corrected chi connectivity index (χ2v) is 25.6. The minimum atomic E-state index is -3.78. The lowest BCUT2D eigenvalue weighted by atomic mass is 10.1. The molecule has 0 fully saturated rings.